The molecule has 2 heterocycles. The summed E-state index contributed by atoms with van der Waals surface area (Å²) >= 11 is 10.2. The first kappa shape index (κ1) is 19.8. The smallest absolute Gasteiger partial charge is 0.341 e. The average molecular weight is 440 g/mol. The topological polar surface area (TPSA) is 81.2 Å². The van der Waals surface area contributed by atoms with Crippen molar-refractivity contribution in [2.75, 3.05) is 17.7 Å². The fraction of sp³-hybridized carbons (Fsp3) is 0.176. The lowest BCUT2D eigenvalue weighted by atomic mass is 10.0. The Morgan fingerprint density at radius 2 is 2.07 bits per heavy atom. The number of halogens is 1. The summed E-state index contributed by atoms with van der Waals surface area (Å²) < 4.78 is 6.29. The van der Waals surface area contributed by atoms with Gasteiger partial charge in [0.1, 0.15) is 20.4 Å². The van der Waals surface area contributed by atoms with Crippen LogP contribution in [0.4, 0.5) is 5.00 Å². The van der Waals surface area contributed by atoms with E-state index in [-0.39, 0.29) is 23.8 Å². The Morgan fingerprint density at radius 1 is 1.30 bits per heavy atom. The number of carbonyl (C=O) groups excluding carboxylic acids is 2. The van der Waals surface area contributed by atoms with Gasteiger partial charge in [0.05, 0.1) is 12.4 Å². The number of ether oxygens (including phenoxy) is 1. The first-order valence-corrected chi connectivity index (χ1v) is 10.9. The minimum Gasteiger partial charge on any atom is -0.462 e. The molecule has 140 valence electrons. The van der Waals surface area contributed by atoms with Crippen LogP contribution in [-0.4, -0.2) is 34.4 Å². The first-order chi connectivity index (χ1) is 13.1. The van der Waals surface area contributed by atoms with Gasteiger partial charge in [0.15, 0.2) is 4.34 Å². The number of esters is 1. The van der Waals surface area contributed by atoms with Gasteiger partial charge in [0, 0.05) is 5.56 Å². The number of carbonyl (C=O) groups is 2. The number of nitrogens with one attached hydrogen (secondary N) is 1. The average Bonchev–Trinajstić information content (AvgIpc) is 3.28. The second kappa shape index (κ2) is 9.32. The second-order valence-corrected chi connectivity index (χ2v) is 8.76. The van der Waals surface area contributed by atoms with E-state index in [0.29, 0.717) is 19.2 Å². The highest BCUT2D eigenvalue weighted by Crippen LogP contribution is 2.44. The van der Waals surface area contributed by atoms with E-state index in [4.69, 9.17) is 16.3 Å². The molecule has 0 saturated carbocycles. The fourth-order valence-electron chi connectivity index (χ4n) is 2.27. The van der Waals surface area contributed by atoms with E-state index in [0.717, 1.165) is 16.9 Å². The van der Waals surface area contributed by atoms with E-state index in [9.17, 15) is 9.59 Å². The Labute approximate surface area is 172 Å². The summed E-state index contributed by atoms with van der Waals surface area (Å²) in [6, 6.07) is 9.30. The maximum Gasteiger partial charge on any atom is 0.341 e. The molecule has 10 heteroatoms. The third kappa shape index (κ3) is 4.86. The number of anilines is 1. The van der Waals surface area contributed by atoms with Crippen molar-refractivity contribution in [3.05, 3.63) is 45.7 Å². The fourth-order valence-corrected chi connectivity index (χ4v) is 4.94. The Balaban J connectivity index is 1.87. The van der Waals surface area contributed by atoms with Crippen LogP contribution in [0.15, 0.2) is 40.2 Å². The molecule has 0 aliphatic carbocycles. The van der Waals surface area contributed by atoms with E-state index in [1.165, 1.54) is 23.1 Å². The summed E-state index contributed by atoms with van der Waals surface area (Å²) in [6.45, 7) is 1.95. The molecular formula is C17H14ClN3O3S3. The molecule has 0 unspecified atom stereocenters. The molecule has 0 atom stereocenters. The van der Waals surface area contributed by atoms with Crippen molar-refractivity contribution >= 4 is 62.9 Å². The van der Waals surface area contributed by atoms with Crippen molar-refractivity contribution in [1.29, 1.82) is 0 Å². The minimum absolute atomic E-state index is 0.146. The Hall–Kier alpha value is -1.94. The number of amides is 1. The summed E-state index contributed by atoms with van der Waals surface area (Å²) in [6.07, 6.45) is 0. The molecule has 0 aliphatic rings. The highest BCUT2D eigenvalue weighted by atomic mass is 35.5. The van der Waals surface area contributed by atoms with Gasteiger partial charge < -0.3 is 10.1 Å². The zero-order valence-electron chi connectivity index (χ0n) is 14.1. The summed E-state index contributed by atoms with van der Waals surface area (Å²) in [5.74, 6) is -0.641. The Bertz CT molecular complexity index is 930. The molecule has 0 fully saturated rings. The molecule has 0 bridgehead atoms. The first-order valence-electron chi connectivity index (χ1n) is 7.83. The predicted molar refractivity (Wildman–Crippen MR) is 110 cm³/mol. The van der Waals surface area contributed by atoms with Gasteiger partial charge in [0.2, 0.25) is 5.91 Å². The van der Waals surface area contributed by atoms with Gasteiger partial charge in [-0.15, -0.1) is 21.5 Å². The predicted octanol–water partition coefficient (Wildman–Crippen LogP) is 4.83. The van der Waals surface area contributed by atoms with Crippen LogP contribution in [0.1, 0.15) is 17.3 Å². The van der Waals surface area contributed by atoms with Crippen molar-refractivity contribution in [3.8, 4) is 11.1 Å². The quantitative estimate of drug-likeness (QED) is 0.419. The van der Waals surface area contributed by atoms with Crippen LogP contribution >= 0.6 is 46.0 Å². The number of rotatable bonds is 7. The minimum atomic E-state index is -0.522. The normalized spacial score (nSPS) is 10.6. The zero-order valence-corrected chi connectivity index (χ0v) is 17.3. The summed E-state index contributed by atoms with van der Waals surface area (Å²) in [4.78, 5) is 24.9. The van der Waals surface area contributed by atoms with Crippen LogP contribution in [0.5, 0.6) is 0 Å². The van der Waals surface area contributed by atoms with Gasteiger partial charge >= 0.3 is 5.97 Å². The molecule has 2 aromatic heterocycles. The molecule has 1 amide bonds. The highest BCUT2D eigenvalue weighted by Gasteiger charge is 2.26. The van der Waals surface area contributed by atoms with E-state index in [1.807, 2.05) is 30.3 Å². The number of hydrogen-bond acceptors (Lipinski definition) is 8. The van der Waals surface area contributed by atoms with E-state index in [2.05, 4.69) is 15.5 Å². The van der Waals surface area contributed by atoms with Gasteiger partial charge in [-0.3, -0.25) is 4.79 Å². The van der Waals surface area contributed by atoms with Crippen molar-refractivity contribution in [2.24, 2.45) is 0 Å². The van der Waals surface area contributed by atoms with Gasteiger partial charge in [-0.1, -0.05) is 65.0 Å². The third-order valence-corrected chi connectivity index (χ3v) is 6.50. The van der Waals surface area contributed by atoms with Crippen molar-refractivity contribution in [2.45, 2.75) is 11.3 Å². The molecule has 0 aliphatic heterocycles. The molecular weight excluding hydrogens is 426 g/mol. The number of nitrogens with zero attached hydrogens (tertiary/aromatic N) is 2. The molecule has 27 heavy (non-hydrogen) atoms. The lowest BCUT2D eigenvalue weighted by Gasteiger charge is -2.08. The van der Waals surface area contributed by atoms with Crippen LogP contribution < -0.4 is 5.32 Å². The maximum atomic E-state index is 12.6. The largest absolute Gasteiger partial charge is 0.462 e. The maximum absolute atomic E-state index is 12.6. The number of hydrogen-bond donors (Lipinski definition) is 1. The summed E-state index contributed by atoms with van der Waals surface area (Å²) in [7, 11) is 0. The molecule has 1 aromatic carbocycles. The van der Waals surface area contributed by atoms with Gasteiger partial charge in [-0.25, -0.2) is 4.79 Å². The third-order valence-electron chi connectivity index (χ3n) is 3.33. The van der Waals surface area contributed by atoms with E-state index >= 15 is 0 Å². The monoisotopic (exact) mass is 439 g/mol. The van der Waals surface area contributed by atoms with Gasteiger partial charge in [-0.05, 0) is 12.5 Å². The number of thiophene rings is 1. The number of thioether (sulfide) groups is 1. The Morgan fingerprint density at radius 3 is 2.74 bits per heavy atom. The van der Waals surface area contributed by atoms with Crippen LogP contribution in [0.25, 0.3) is 11.1 Å². The van der Waals surface area contributed by atoms with Crippen LogP contribution in [-0.2, 0) is 9.53 Å². The summed E-state index contributed by atoms with van der Waals surface area (Å²) in [5.41, 5.74) is 3.22. The lowest BCUT2D eigenvalue weighted by Crippen LogP contribution is -2.16. The van der Waals surface area contributed by atoms with Crippen LogP contribution in [0.2, 0.25) is 4.34 Å². The van der Waals surface area contributed by atoms with Crippen molar-refractivity contribution in [3.63, 3.8) is 0 Å². The van der Waals surface area contributed by atoms with Crippen LogP contribution in [0.3, 0.4) is 0 Å². The van der Waals surface area contributed by atoms with Crippen molar-refractivity contribution in [1.82, 2.24) is 10.2 Å². The molecule has 3 rings (SSSR count). The Kier molecular flexibility index (Phi) is 6.84. The summed E-state index contributed by atoms with van der Waals surface area (Å²) in [5, 5.41) is 10.8. The van der Waals surface area contributed by atoms with Crippen LogP contribution in [0, 0.1) is 0 Å². The SMILES string of the molecule is CCOC(=O)c1c(NC(=O)CSc2nncs2)sc(Cl)c1-c1ccccc1. The zero-order chi connectivity index (χ0) is 19.2. The standard InChI is InChI=1S/C17H14ClN3O3S3/c1-2-24-16(23)13-12(10-6-4-3-5-7-10)14(18)27-15(13)20-11(22)8-25-17-21-19-9-26-17/h3-7,9H,2,8H2,1H3,(H,20,22). The van der Waals surface area contributed by atoms with E-state index in [1.54, 1.807) is 12.4 Å². The molecule has 6 nitrogen and oxygen atoms in total. The highest BCUT2D eigenvalue weighted by molar-refractivity contribution is 8.01. The lowest BCUT2D eigenvalue weighted by molar-refractivity contribution is -0.113. The second-order valence-electron chi connectivity index (χ2n) is 5.08. The molecule has 3 aromatic rings. The molecule has 0 spiro atoms. The van der Waals surface area contributed by atoms with Gasteiger partial charge in [-0.2, -0.15) is 0 Å². The molecule has 0 saturated heterocycles. The van der Waals surface area contributed by atoms with Gasteiger partial charge in [0.25, 0.3) is 0 Å². The number of aromatic nitrogens is 2. The molecule has 0 radical (unpaired) electrons. The molecule has 1 N–H and O–H groups in total. The number of benzene rings is 1. The van der Waals surface area contributed by atoms with E-state index < -0.39 is 5.97 Å². The van der Waals surface area contributed by atoms with Crippen molar-refractivity contribution < 1.29 is 14.3 Å².